The van der Waals surface area contributed by atoms with Gasteiger partial charge in [-0.25, -0.2) is 0 Å². The number of carbonyl (C=O) groups excluding carboxylic acids is 12. The summed E-state index contributed by atoms with van der Waals surface area (Å²) in [7, 11) is 0. The van der Waals surface area contributed by atoms with E-state index in [4.69, 9.17) is 5.73 Å². The Morgan fingerprint density at radius 1 is 0.632 bits per heavy atom. The standard InChI is InChI=1S/C65H98N8O14/c1-12-35(6)47(32-49(76)48(23-24-53(66)80)68-60(83)45(33-74)30-51(78)54(36(7)13-2)69-59(82)42(16-5)28-41-21-22-43-19-17-18-20-44(43)29-41)62(85)70-55(37(8)14-3)52(79)31-46(34-75)61(84)71-57-40(11)67-63(86)56(38(9)15-4)72-64(87)65(25-26-65)73-58(81)39(10)27-50(57)77/h17-22,29,35-40,42,45-48,54-57,74-75H,12-16,23-28,30-34H2,1-11H3,(H2,66,80)(H,67,86)(H,68,83)(H,69,82)(H,70,85)(H,71,84)(H,72,87)(H,73,81)/t35-,36-,37-,38-,39+,40-,42+,45-,46-,47+,48+,54-,55-,56-,57+/m0/s1. The van der Waals surface area contributed by atoms with Crippen LogP contribution in [-0.4, -0.2) is 136 Å². The van der Waals surface area contributed by atoms with E-state index in [-0.39, 0.29) is 30.6 Å². The maximum Gasteiger partial charge on any atom is 0.246 e. The van der Waals surface area contributed by atoms with Gasteiger partial charge in [-0.1, -0.05) is 137 Å². The van der Waals surface area contributed by atoms with Crippen molar-refractivity contribution in [3.63, 3.8) is 0 Å². The molecule has 2 fully saturated rings. The van der Waals surface area contributed by atoms with Gasteiger partial charge < -0.3 is 53.2 Å². The summed E-state index contributed by atoms with van der Waals surface area (Å²) in [6.07, 6.45) is 0.629. The van der Waals surface area contributed by atoms with Gasteiger partial charge in [0.1, 0.15) is 17.6 Å². The first kappa shape index (κ1) is 72.5. The number of rotatable bonds is 33. The summed E-state index contributed by atoms with van der Waals surface area (Å²) in [5.41, 5.74) is 5.24. The summed E-state index contributed by atoms with van der Waals surface area (Å²) in [5.74, 6) is -15.0. The molecule has 1 aliphatic carbocycles. The number of nitrogens with one attached hydrogen (secondary N) is 7. The van der Waals surface area contributed by atoms with Crippen molar-refractivity contribution in [2.75, 3.05) is 13.2 Å². The molecule has 482 valence electrons. The topological polar surface area (TPSA) is 356 Å². The van der Waals surface area contributed by atoms with Crippen LogP contribution in [0.15, 0.2) is 42.5 Å². The van der Waals surface area contributed by atoms with Crippen LogP contribution < -0.4 is 43.0 Å². The Hall–Kier alpha value is -6.94. The average Bonchev–Trinajstić information content (AvgIpc) is 1.86. The minimum Gasteiger partial charge on any atom is -0.396 e. The number of carbonyl (C=O) groups is 12. The van der Waals surface area contributed by atoms with E-state index in [2.05, 4.69) is 37.2 Å². The third-order valence-electron chi connectivity index (χ3n) is 18.2. The van der Waals surface area contributed by atoms with Crippen LogP contribution in [0.3, 0.4) is 0 Å². The van der Waals surface area contributed by atoms with Crippen LogP contribution in [0.2, 0.25) is 0 Å². The molecule has 8 amide bonds. The van der Waals surface area contributed by atoms with E-state index < -0.39 is 187 Å². The Morgan fingerprint density at radius 2 is 1.18 bits per heavy atom. The second kappa shape index (κ2) is 34.0. The molecule has 1 spiro atoms. The Morgan fingerprint density at radius 3 is 1.71 bits per heavy atom. The maximum atomic E-state index is 14.5. The smallest absolute Gasteiger partial charge is 0.246 e. The normalized spacial score (nSPS) is 21.8. The van der Waals surface area contributed by atoms with Crippen LogP contribution in [-0.2, 0) is 64.0 Å². The molecular weight excluding hydrogens is 1120 g/mol. The molecule has 11 N–H and O–H groups in total. The van der Waals surface area contributed by atoms with Gasteiger partial charge in [-0.05, 0) is 79.0 Å². The lowest BCUT2D eigenvalue weighted by atomic mass is 9.83. The molecular formula is C65H98N8O14. The number of ketones is 4. The molecule has 0 unspecified atom stereocenters. The second-order valence-corrected chi connectivity index (χ2v) is 24.8. The van der Waals surface area contributed by atoms with Crippen molar-refractivity contribution in [3.8, 4) is 0 Å². The van der Waals surface area contributed by atoms with Crippen molar-refractivity contribution in [2.24, 2.45) is 59.0 Å². The van der Waals surface area contributed by atoms with E-state index in [1.165, 1.54) is 13.8 Å². The van der Waals surface area contributed by atoms with Gasteiger partial charge in [-0.3, -0.25) is 57.5 Å². The fourth-order valence-electron chi connectivity index (χ4n) is 11.0. The van der Waals surface area contributed by atoms with Crippen LogP contribution in [0.4, 0.5) is 0 Å². The number of hydrogen-bond donors (Lipinski definition) is 10. The summed E-state index contributed by atoms with van der Waals surface area (Å²) in [5, 5.41) is 42.5. The fourth-order valence-corrected chi connectivity index (χ4v) is 11.0. The van der Waals surface area contributed by atoms with E-state index in [0.29, 0.717) is 51.4 Å². The summed E-state index contributed by atoms with van der Waals surface area (Å²) in [4.78, 5) is 166. The number of amides is 8. The Kier molecular flexibility index (Phi) is 28.3. The molecule has 87 heavy (non-hydrogen) atoms. The molecule has 22 nitrogen and oxygen atoms in total. The number of benzene rings is 2. The Bertz CT molecular complexity index is 2780. The molecule has 22 heteroatoms. The van der Waals surface area contributed by atoms with Crippen LogP contribution in [0, 0.1) is 53.3 Å². The molecule has 2 aromatic carbocycles. The largest absolute Gasteiger partial charge is 0.396 e. The molecule has 15 atom stereocenters. The van der Waals surface area contributed by atoms with Gasteiger partial charge in [0.05, 0.1) is 49.2 Å². The zero-order valence-corrected chi connectivity index (χ0v) is 52.9. The molecule has 0 aromatic heterocycles. The quantitative estimate of drug-likeness (QED) is 0.0487. The van der Waals surface area contributed by atoms with Gasteiger partial charge in [0.25, 0.3) is 0 Å². The van der Waals surface area contributed by atoms with Crippen molar-refractivity contribution >= 4 is 81.2 Å². The number of Topliss-reactive ketones (excluding diaryl/α,β-unsaturated/α-hetero) is 4. The molecule has 0 bridgehead atoms. The Balaban J connectivity index is 1.50. The molecule has 4 rings (SSSR count). The average molecular weight is 1220 g/mol. The van der Waals surface area contributed by atoms with E-state index in [1.807, 2.05) is 63.2 Å². The summed E-state index contributed by atoms with van der Waals surface area (Å²) in [6, 6.07) is 6.58. The van der Waals surface area contributed by atoms with Crippen molar-refractivity contribution in [1.29, 1.82) is 0 Å². The van der Waals surface area contributed by atoms with Gasteiger partial charge in [0.15, 0.2) is 23.1 Å². The second-order valence-electron chi connectivity index (χ2n) is 24.8. The van der Waals surface area contributed by atoms with E-state index in [1.54, 1.807) is 41.5 Å². The van der Waals surface area contributed by atoms with E-state index in [0.717, 1.165) is 16.3 Å². The maximum absolute atomic E-state index is 14.5. The molecule has 1 heterocycles. The van der Waals surface area contributed by atoms with Crippen molar-refractivity contribution in [3.05, 3.63) is 48.0 Å². The summed E-state index contributed by atoms with van der Waals surface area (Å²) >= 11 is 0. The fraction of sp³-hybridized carbons (Fsp3) is 0.662. The van der Waals surface area contributed by atoms with Gasteiger partial charge in [-0.2, -0.15) is 0 Å². The first-order valence-electron chi connectivity index (χ1n) is 31.4. The lowest BCUT2D eigenvalue weighted by Gasteiger charge is -2.31. The Labute approximate surface area is 512 Å². The molecule has 1 saturated heterocycles. The van der Waals surface area contributed by atoms with Gasteiger partial charge in [-0.15, -0.1) is 0 Å². The summed E-state index contributed by atoms with van der Waals surface area (Å²) in [6.45, 7) is 17.4. The van der Waals surface area contributed by atoms with Gasteiger partial charge in [0.2, 0.25) is 47.3 Å². The highest BCUT2D eigenvalue weighted by molar-refractivity contribution is 6.01. The molecule has 0 radical (unpaired) electrons. The third kappa shape index (κ3) is 20.3. The predicted molar refractivity (Wildman–Crippen MR) is 327 cm³/mol. The minimum atomic E-state index is -1.47. The van der Waals surface area contributed by atoms with Crippen molar-refractivity contribution in [1.82, 2.24) is 37.2 Å². The first-order chi connectivity index (χ1) is 41.1. The number of fused-ring (bicyclic) bond motifs is 1. The highest BCUT2D eigenvalue weighted by Crippen LogP contribution is 2.37. The van der Waals surface area contributed by atoms with Crippen LogP contribution >= 0.6 is 0 Å². The minimum absolute atomic E-state index is 0.288. The number of nitrogens with two attached hydrogens (primary N) is 1. The monoisotopic (exact) mass is 1210 g/mol. The number of aliphatic hydroxyl groups is 2. The van der Waals surface area contributed by atoms with Gasteiger partial charge >= 0.3 is 0 Å². The molecule has 1 aliphatic heterocycles. The number of aliphatic hydroxyl groups excluding tert-OH is 2. The van der Waals surface area contributed by atoms with Gasteiger partial charge in [0, 0.05) is 49.9 Å². The van der Waals surface area contributed by atoms with E-state index >= 15 is 0 Å². The van der Waals surface area contributed by atoms with Crippen LogP contribution in [0.1, 0.15) is 165 Å². The molecule has 2 aromatic rings. The lowest BCUT2D eigenvalue weighted by Crippen LogP contribution is -2.60. The predicted octanol–water partition coefficient (Wildman–Crippen LogP) is 3.76. The highest BCUT2D eigenvalue weighted by Gasteiger charge is 2.53. The van der Waals surface area contributed by atoms with Crippen molar-refractivity contribution < 1.29 is 67.7 Å². The zero-order chi connectivity index (χ0) is 65.0. The van der Waals surface area contributed by atoms with Crippen LogP contribution in [0.25, 0.3) is 10.8 Å². The zero-order valence-electron chi connectivity index (χ0n) is 52.9. The SMILES string of the molecule is CC[C@H](Cc1ccc2ccccc2c1)C(=O)N[C@H](C(=O)C[C@@H](CO)C(=O)N[C@H](CCC(N)=O)C(=O)C[C@@H](C(=O)N[C@H](C(=O)C[C@@H](CO)C(=O)N[C@H]1C(=O)C[C@@H](C)C(=O)NC2(CC2)C(=O)N[C@@H]([C@@H](C)CC)C(=O)N[C@H]1C)[C@@H](C)CC)[C@@H](C)CC)[C@@H](C)CC. The van der Waals surface area contributed by atoms with E-state index in [9.17, 15) is 67.7 Å². The summed E-state index contributed by atoms with van der Waals surface area (Å²) < 4.78 is 0. The third-order valence-corrected chi connectivity index (χ3v) is 18.2. The highest BCUT2D eigenvalue weighted by atomic mass is 16.3. The van der Waals surface area contributed by atoms with Crippen molar-refractivity contribution in [2.45, 2.75) is 208 Å². The lowest BCUT2D eigenvalue weighted by molar-refractivity contribution is -0.138. The van der Waals surface area contributed by atoms with Crippen LogP contribution in [0.5, 0.6) is 0 Å². The first-order valence-corrected chi connectivity index (χ1v) is 31.4. The molecule has 1 saturated carbocycles. The number of hydrogen-bond acceptors (Lipinski definition) is 14. The number of primary amides is 1. The molecule has 2 aliphatic rings.